The number of hydrogen-bond donors (Lipinski definition) is 2. The quantitative estimate of drug-likeness (QED) is 0.255. The Hall–Kier alpha value is -3.51. The molecule has 0 aliphatic carbocycles. The van der Waals surface area contributed by atoms with Crippen LogP contribution in [0.3, 0.4) is 0 Å². The summed E-state index contributed by atoms with van der Waals surface area (Å²) >= 11 is 1.19. The molecule has 0 atom stereocenters. The fourth-order valence-corrected chi connectivity index (χ4v) is 3.57. The first-order chi connectivity index (χ1) is 14.1. The summed E-state index contributed by atoms with van der Waals surface area (Å²) in [4.78, 5) is 17.0. The van der Waals surface area contributed by atoms with E-state index in [-0.39, 0.29) is 23.0 Å². The van der Waals surface area contributed by atoms with E-state index in [1.165, 1.54) is 30.0 Å². The summed E-state index contributed by atoms with van der Waals surface area (Å²) in [6.45, 7) is 0. The number of phenolic OH excluding ortho intramolecular Hbond substituents is 2. The molecule has 144 valence electrons. The number of rotatable bonds is 6. The fourth-order valence-electron chi connectivity index (χ4n) is 2.85. The third kappa shape index (κ3) is 4.17. The molecule has 0 saturated heterocycles. The van der Waals surface area contributed by atoms with Gasteiger partial charge in [-0.15, -0.1) is 0 Å². The molecular weight excluding hydrogens is 386 g/mol. The Bertz CT molecular complexity index is 1080. The SMILES string of the molecule is O=C(CSc1nc(-c2ccccc2)c(-c2ccccc2)o1)c1ccc(O)c(O)c1. The summed E-state index contributed by atoms with van der Waals surface area (Å²) in [7, 11) is 0. The van der Waals surface area contributed by atoms with E-state index in [2.05, 4.69) is 4.98 Å². The Balaban J connectivity index is 1.60. The molecule has 1 heterocycles. The van der Waals surface area contributed by atoms with E-state index < -0.39 is 0 Å². The summed E-state index contributed by atoms with van der Waals surface area (Å²) in [5.74, 6) is -0.0515. The summed E-state index contributed by atoms with van der Waals surface area (Å²) in [5, 5.41) is 19.4. The van der Waals surface area contributed by atoms with Crippen molar-refractivity contribution < 1.29 is 19.4 Å². The van der Waals surface area contributed by atoms with E-state index in [4.69, 9.17) is 4.42 Å². The van der Waals surface area contributed by atoms with Crippen molar-refractivity contribution in [3.8, 4) is 34.1 Å². The van der Waals surface area contributed by atoms with Crippen molar-refractivity contribution in [1.82, 2.24) is 4.98 Å². The van der Waals surface area contributed by atoms with Crippen molar-refractivity contribution in [1.29, 1.82) is 0 Å². The van der Waals surface area contributed by atoms with Crippen molar-refractivity contribution in [3.05, 3.63) is 84.4 Å². The molecule has 29 heavy (non-hydrogen) atoms. The highest BCUT2D eigenvalue weighted by molar-refractivity contribution is 7.99. The van der Waals surface area contributed by atoms with Crippen molar-refractivity contribution in [2.75, 3.05) is 5.75 Å². The van der Waals surface area contributed by atoms with Crippen LogP contribution in [-0.2, 0) is 0 Å². The van der Waals surface area contributed by atoms with Gasteiger partial charge in [0.25, 0.3) is 5.22 Å². The maximum atomic E-state index is 12.4. The van der Waals surface area contributed by atoms with Crippen molar-refractivity contribution >= 4 is 17.5 Å². The van der Waals surface area contributed by atoms with E-state index in [0.717, 1.165) is 11.1 Å². The molecule has 0 bridgehead atoms. The molecular formula is C23H17NO4S. The molecule has 0 unspecified atom stereocenters. The van der Waals surface area contributed by atoms with Gasteiger partial charge in [0, 0.05) is 16.7 Å². The summed E-state index contributed by atoms with van der Waals surface area (Å²) in [6.07, 6.45) is 0. The number of benzene rings is 3. The monoisotopic (exact) mass is 403 g/mol. The van der Waals surface area contributed by atoms with Gasteiger partial charge in [0.15, 0.2) is 23.0 Å². The zero-order valence-corrected chi connectivity index (χ0v) is 16.1. The van der Waals surface area contributed by atoms with Gasteiger partial charge in [-0.2, -0.15) is 0 Å². The molecule has 0 aliphatic heterocycles. The van der Waals surface area contributed by atoms with Crippen LogP contribution in [0.15, 0.2) is 88.5 Å². The standard InChI is InChI=1S/C23H17NO4S/c25-18-12-11-17(13-19(18)26)20(27)14-29-23-24-21(15-7-3-1-4-8-15)22(28-23)16-9-5-2-6-10-16/h1-13,25-26H,14H2. The number of carbonyl (C=O) groups excluding carboxylic acids is 1. The predicted molar refractivity (Wildman–Crippen MR) is 112 cm³/mol. The third-order valence-corrected chi connectivity index (χ3v) is 5.14. The van der Waals surface area contributed by atoms with Gasteiger partial charge in [-0.3, -0.25) is 4.79 Å². The zero-order valence-electron chi connectivity index (χ0n) is 15.3. The second-order valence-electron chi connectivity index (χ2n) is 6.30. The highest BCUT2D eigenvalue weighted by Gasteiger charge is 2.18. The van der Waals surface area contributed by atoms with Gasteiger partial charge >= 0.3 is 0 Å². The van der Waals surface area contributed by atoms with E-state index in [1.54, 1.807) is 0 Å². The number of oxazole rings is 1. The van der Waals surface area contributed by atoms with Crippen LogP contribution >= 0.6 is 11.8 Å². The minimum absolute atomic E-state index is 0.0905. The molecule has 2 N–H and O–H groups in total. The van der Waals surface area contributed by atoms with Gasteiger partial charge in [0.05, 0.1) is 5.75 Å². The Kier molecular flexibility index (Phi) is 5.35. The molecule has 5 nitrogen and oxygen atoms in total. The molecule has 0 radical (unpaired) electrons. The molecule has 0 spiro atoms. The molecule has 0 aliphatic rings. The van der Waals surface area contributed by atoms with Gasteiger partial charge in [-0.25, -0.2) is 4.98 Å². The van der Waals surface area contributed by atoms with Gasteiger partial charge < -0.3 is 14.6 Å². The Morgan fingerprint density at radius 2 is 1.52 bits per heavy atom. The lowest BCUT2D eigenvalue weighted by atomic mass is 10.1. The number of Topliss-reactive ketones (excluding diaryl/α,β-unsaturated/α-hetero) is 1. The fraction of sp³-hybridized carbons (Fsp3) is 0.0435. The molecule has 0 amide bonds. The van der Waals surface area contributed by atoms with Crippen molar-refractivity contribution in [2.24, 2.45) is 0 Å². The molecule has 3 aromatic carbocycles. The van der Waals surface area contributed by atoms with Crippen LogP contribution in [0.1, 0.15) is 10.4 Å². The minimum atomic E-state index is -0.324. The first kappa shape index (κ1) is 18.8. The third-order valence-electron chi connectivity index (χ3n) is 4.31. The number of aromatic nitrogens is 1. The van der Waals surface area contributed by atoms with Crippen molar-refractivity contribution in [2.45, 2.75) is 5.22 Å². The number of hydrogen-bond acceptors (Lipinski definition) is 6. The summed E-state index contributed by atoms with van der Waals surface area (Å²) in [5.41, 5.74) is 2.86. The second-order valence-corrected chi connectivity index (χ2v) is 7.23. The predicted octanol–water partition coefficient (Wildman–Crippen LogP) is 5.39. The maximum Gasteiger partial charge on any atom is 0.257 e. The van der Waals surface area contributed by atoms with Gasteiger partial charge in [0.2, 0.25) is 0 Å². The molecule has 0 saturated carbocycles. The molecule has 4 aromatic rings. The minimum Gasteiger partial charge on any atom is -0.504 e. The number of nitrogens with zero attached hydrogens (tertiary/aromatic N) is 1. The number of thioether (sulfide) groups is 1. The van der Waals surface area contributed by atoms with Crippen LogP contribution < -0.4 is 0 Å². The van der Waals surface area contributed by atoms with Crippen LogP contribution in [0.2, 0.25) is 0 Å². The average molecular weight is 403 g/mol. The highest BCUT2D eigenvalue weighted by atomic mass is 32.2. The van der Waals surface area contributed by atoms with E-state index in [9.17, 15) is 15.0 Å². The molecule has 1 aromatic heterocycles. The lowest BCUT2D eigenvalue weighted by Crippen LogP contribution is -2.01. The normalized spacial score (nSPS) is 10.8. The van der Waals surface area contributed by atoms with Crippen LogP contribution in [0, 0.1) is 0 Å². The molecule has 6 heteroatoms. The van der Waals surface area contributed by atoms with Crippen molar-refractivity contribution in [3.63, 3.8) is 0 Å². The lowest BCUT2D eigenvalue weighted by Gasteiger charge is -2.02. The van der Waals surface area contributed by atoms with Gasteiger partial charge in [-0.1, -0.05) is 72.4 Å². The zero-order chi connectivity index (χ0) is 20.2. The second kappa shape index (κ2) is 8.24. The van der Waals surface area contributed by atoms with E-state index in [1.807, 2.05) is 60.7 Å². The summed E-state index contributed by atoms with van der Waals surface area (Å²) < 4.78 is 5.99. The first-order valence-electron chi connectivity index (χ1n) is 8.91. The van der Waals surface area contributed by atoms with Crippen LogP contribution in [0.25, 0.3) is 22.6 Å². The smallest absolute Gasteiger partial charge is 0.257 e. The maximum absolute atomic E-state index is 12.4. The lowest BCUT2D eigenvalue weighted by molar-refractivity contribution is 0.102. The Labute approximate surface area is 171 Å². The number of carbonyl (C=O) groups is 1. The molecule has 0 fully saturated rings. The number of phenols is 2. The van der Waals surface area contributed by atoms with Crippen LogP contribution in [-0.4, -0.2) is 26.7 Å². The largest absolute Gasteiger partial charge is 0.504 e. The van der Waals surface area contributed by atoms with E-state index in [0.29, 0.717) is 22.2 Å². The molecule has 4 rings (SSSR count). The Morgan fingerprint density at radius 1 is 0.862 bits per heavy atom. The summed E-state index contributed by atoms with van der Waals surface area (Å²) in [6, 6.07) is 23.4. The Morgan fingerprint density at radius 3 is 2.17 bits per heavy atom. The topological polar surface area (TPSA) is 83.6 Å². The van der Waals surface area contributed by atoms with Gasteiger partial charge in [-0.05, 0) is 18.2 Å². The van der Waals surface area contributed by atoms with E-state index >= 15 is 0 Å². The van der Waals surface area contributed by atoms with Crippen LogP contribution in [0.5, 0.6) is 11.5 Å². The van der Waals surface area contributed by atoms with Crippen LogP contribution in [0.4, 0.5) is 0 Å². The van der Waals surface area contributed by atoms with Gasteiger partial charge in [0.1, 0.15) is 5.69 Å². The average Bonchev–Trinajstić information content (AvgIpc) is 3.19. The number of ketones is 1. The highest BCUT2D eigenvalue weighted by Crippen LogP contribution is 2.35. The first-order valence-corrected chi connectivity index (χ1v) is 9.90. The number of aromatic hydroxyl groups is 2.